The molecule has 0 N–H and O–H groups in total. The van der Waals surface area contributed by atoms with E-state index < -0.39 is 6.09 Å². The average molecular weight is 376 g/mol. The predicted molar refractivity (Wildman–Crippen MR) is 93.9 cm³/mol. The maximum atomic E-state index is 12.3. The van der Waals surface area contributed by atoms with Crippen molar-refractivity contribution in [2.24, 2.45) is 0 Å². The fraction of sp³-hybridized carbons (Fsp3) is 0.389. The molecular weight excluding hydrogens is 358 g/mol. The summed E-state index contributed by atoms with van der Waals surface area (Å²) in [5.41, 5.74) is 3.44. The second-order valence-electron chi connectivity index (χ2n) is 6.31. The van der Waals surface area contributed by atoms with Crippen molar-refractivity contribution in [1.29, 1.82) is 0 Å². The fourth-order valence-corrected chi connectivity index (χ4v) is 3.33. The zero-order valence-corrected chi connectivity index (χ0v) is 15.1. The number of halogens is 1. The van der Waals surface area contributed by atoms with Gasteiger partial charge in [-0.15, -0.1) is 10.2 Å². The quantitative estimate of drug-likeness (QED) is 0.817. The summed E-state index contributed by atoms with van der Waals surface area (Å²) in [5.74, 6) is 1.00. The molecule has 0 unspecified atom stereocenters. The zero-order chi connectivity index (χ0) is 18.1. The summed E-state index contributed by atoms with van der Waals surface area (Å²) in [6.45, 7) is 3.15. The minimum Gasteiger partial charge on any atom is -0.434 e. The number of benzene rings is 1. The highest BCUT2D eigenvalue weighted by Crippen LogP contribution is 2.38. The first-order chi connectivity index (χ1) is 12.6. The third kappa shape index (κ3) is 3.32. The maximum Gasteiger partial charge on any atom is 0.417 e. The number of aromatic nitrogens is 2. The number of rotatable bonds is 3. The van der Waals surface area contributed by atoms with Crippen LogP contribution in [0, 0.1) is 6.92 Å². The number of carbonyl (C=O) groups is 1. The molecule has 0 saturated carbocycles. The van der Waals surface area contributed by atoms with Gasteiger partial charge < -0.3 is 14.2 Å². The Balaban J connectivity index is 1.63. The highest BCUT2D eigenvalue weighted by atomic mass is 35.5. The zero-order valence-electron chi connectivity index (χ0n) is 14.3. The molecule has 1 amide bonds. The lowest BCUT2D eigenvalue weighted by Crippen LogP contribution is -2.31. The summed E-state index contributed by atoms with van der Waals surface area (Å²) in [7, 11) is 0. The Bertz CT molecular complexity index is 853. The SMILES string of the molecule is Cc1ccc2c(c1Oc1nnc(Cl)cc1OC(=O)N1CCOC1)CCC2. The molecule has 1 aliphatic heterocycles. The smallest absolute Gasteiger partial charge is 0.417 e. The minimum atomic E-state index is -0.536. The highest BCUT2D eigenvalue weighted by Gasteiger charge is 2.24. The van der Waals surface area contributed by atoms with Crippen LogP contribution in [-0.2, 0) is 17.6 Å². The van der Waals surface area contributed by atoms with Gasteiger partial charge in [0.2, 0.25) is 0 Å². The standard InChI is InChI=1S/C18H18ClN3O4/c1-11-5-6-12-3-2-4-13(12)16(11)26-17-14(9-15(19)20-21-17)25-18(23)22-7-8-24-10-22/h5-6,9H,2-4,7-8,10H2,1H3. The number of nitrogens with zero attached hydrogens (tertiary/aromatic N) is 3. The van der Waals surface area contributed by atoms with Gasteiger partial charge >= 0.3 is 6.09 Å². The van der Waals surface area contributed by atoms with Crippen molar-refractivity contribution in [3.05, 3.63) is 40.0 Å². The van der Waals surface area contributed by atoms with Gasteiger partial charge in [-0.25, -0.2) is 4.79 Å². The lowest BCUT2D eigenvalue weighted by atomic mass is 10.1. The molecule has 0 bridgehead atoms. The van der Waals surface area contributed by atoms with E-state index in [1.54, 1.807) is 0 Å². The largest absolute Gasteiger partial charge is 0.434 e. The van der Waals surface area contributed by atoms with Crippen molar-refractivity contribution in [2.75, 3.05) is 19.9 Å². The Morgan fingerprint density at radius 2 is 2.19 bits per heavy atom. The summed E-state index contributed by atoms with van der Waals surface area (Å²) in [4.78, 5) is 13.7. The fourth-order valence-electron chi connectivity index (χ4n) is 3.19. The van der Waals surface area contributed by atoms with Gasteiger partial charge in [-0.1, -0.05) is 23.7 Å². The van der Waals surface area contributed by atoms with E-state index in [1.807, 2.05) is 13.0 Å². The Morgan fingerprint density at radius 1 is 1.31 bits per heavy atom. The molecule has 2 heterocycles. The van der Waals surface area contributed by atoms with Crippen LogP contribution in [0.25, 0.3) is 0 Å². The molecular formula is C18H18ClN3O4. The molecule has 136 valence electrons. The Morgan fingerprint density at radius 3 is 3.00 bits per heavy atom. The van der Waals surface area contributed by atoms with Gasteiger partial charge in [-0.3, -0.25) is 4.90 Å². The van der Waals surface area contributed by atoms with Crippen LogP contribution in [0.1, 0.15) is 23.1 Å². The Hall–Kier alpha value is -2.38. The molecule has 0 radical (unpaired) electrons. The average Bonchev–Trinajstić information content (AvgIpc) is 3.30. The molecule has 7 nitrogen and oxygen atoms in total. The molecule has 0 spiro atoms. The molecule has 8 heteroatoms. The molecule has 4 rings (SSSR count). The third-order valence-corrected chi connectivity index (χ3v) is 4.72. The highest BCUT2D eigenvalue weighted by molar-refractivity contribution is 6.29. The van der Waals surface area contributed by atoms with Crippen molar-refractivity contribution in [2.45, 2.75) is 26.2 Å². The Kier molecular flexibility index (Phi) is 4.65. The van der Waals surface area contributed by atoms with Crippen LogP contribution in [0.5, 0.6) is 17.4 Å². The van der Waals surface area contributed by atoms with Crippen LogP contribution in [0.4, 0.5) is 4.79 Å². The summed E-state index contributed by atoms with van der Waals surface area (Å²) < 4.78 is 16.7. The van der Waals surface area contributed by atoms with Crippen LogP contribution in [0.2, 0.25) is 5.15 Å². The van der Waals surface area contributed by atoms with E-state index in [0.717, 1.165) is 30.6 Å². The first-order valence-electron chi connectivity index (χ1n) is 8.49. The van der Waals surface area contributed by atoms with Crippen molar-refractivity contribution >= 4 is 17.7 Å². The van der Waals surface area contributed by atoms with E-state index in [0.29, 0.717) is 13.2 Å². The number of aryl methyl sites for hydroxylation is 2. The van der Waals surface area contributed by atoms with E-state index in [-0.39, 0.29) is 23.5 Å². The van der Waals surface area contributed by atoms with E-state index >= 15 is 0 Å². The van der Waals surface area contributed by atoms with E-state index in [1.165, 1.54) is 22.1 Å². The third-order valence-electron chi connectivity index (χ3n) is 4.53. The van der Waals surface area contributed by atoms with Crippen molar-refractivity contribution in [3.63, 3.8) is 0 Å². The Labute approximate surface area is 155 Å². The van der Waals surface area contributed by atoms with Gasteiger partial charge in [0.05, 0.1) is 6.61 Å². The molecule has 2 aromatic rings. The van der Waals surface area contributed by atoms with Crippen molar-refractivity contribution < 1.29 is 19.0 Å². The number of hydrogen-bond donors (Lipinski definition) is 0. The first-order valence-corrected chi connectivity index (χ1v) is 8.86. The maximum absolute atomic E-state index is 12.3. The molecule has 1 aromatic heterocycles. The summed E-state index contributed by atoms with van der Waals surface area (Å²) in [6.07, 6.45) is 2.55. The summed E-state index contributed by atoms with van der Waals surface area (Å²) >= 11 is 5.93. The predicted octanol–water partition coefficient (Wildman–Crippen LogP) is 3.51. The molecule has 1 aromatic carbocycles. The lowest BCUT2D eigenvalue weighted by Gasteiger charge is -2.17. The molecule has 1 aliphatic carbocycles. The topological polar surface area (TPSA) is 73.8 Å². The van der Waals surface area contributed by atoms with Crippen LogP contribution in [-0.4, -0.2) is 41.1 Å². The van der Waals surface area contributed by atoms with Crippen LogP contribution in [0.15, 0.2) is 18.2 Å². The number of amides is 1. The number of hydrogen-bond acceptors (Lipinski definition) is 6. The first kappa shape index (κ1) is 17.1. The number of fused-ring (bicyclic) bond motifs is 1. The van der Waals surface area contributed by atoms with Gasteiger partial charge in [0, 0.05) is 12.6 Å². The number of ether oxygens (including phenoxy) is 3. The monoisotopic (exact) mass is 375 g/mol. The molecule has 1 saturated heterocycles. The van der Waals surface area contributed by atoms with Crippen molar-refractivity contribution in [3.8, 4) is 17.4 Å². The van der Waals surface area contributed by atoms with Crippen molar-refractivity contribution in [1.82, 2.24) is 15.1 Å². The van der Waals surface area contributed by atoms with Gasteiger partial charge in [0.1, 0.15) is 12.5 Å². The molecule has 0 atom stereocenters. The lowest BCUT2D eigenvalue weighted by molar-refractivity contribution is 0.120. The minimum absolute atomic E-state index is 0.117. The van der Waals surface area contributed by atoms with E-state index in [4.69, 9.17) is 25.8 Å². The van der Waals surface area contributed by atoms with Gasteiger partial charge in [0.25, 0.3) is 5.88 Å². The van der Waals surface area contributed by atoms with Crippen LogP contribution < -0.4 is 9.47 Å². The molecule has 2 aliphatic rings. The normalized spacial score (nSPS) is 15.8. The van der Waals surface area contributed by atoms with E-state index in [9.17, 15) is 4.79 Å². The second kappa shape index (κ2) is 7.09. The molecule has 26 heavy (non-hydrogen) atoms. The van der Waals surface area contributed by atoms with Crippen LogP contribution in [0.3, 0.4) is 0 Å². The van der Waals surface area contributed by atoms with Gasteiger partial charge in [0.15, 0.2) is 10.9 Å². The number of carbonyl (C=O) groups excluding carboxylic acids is 1. The van der Waals surface area contributed by atoms with Crippen LogP contribution >= 0.6 is 11.6 Å². The molecule has 1 fully saturated rings. The van der Waals surface area contributed by atoms with E-state index in [2.05, 4.69) is 16.3 Å². The van der Waals surface area contributed by atoms with Gasteiger partial charge in [-0.2, -0.15) is 0 Å². The second-order valence-corrected chi connectivity index (χ2v) is 6.70. The summed E-state index contributed by atoms with van der Waals surface area (Å²) in [5, 5.41) is 7.93. The van der Waals surface area contributed by atoms with Gasteiger partial charge in [-0.05, 0) is 42.9 Å². The summed E-state index contributed by atoms with van der Waals surface area (Å²) in [6, 6.07) is 5.58.